The van der Waals surface area contributed by atoms with Crippen molar-refractivity contribution in [3.63, 3.8) is 0 Å². The van der Waals surface area contributed by atoms with Crippen LogP contribution in [0.15, 0.2) is 24.0 Å². The van der Waals surface area contributed by atoms with Crippen molar-refractivity contribution in [3.05, 3.63) is 35.3 Å². The van der Waals surface area contributed by atoms with Crippen LogP contribution in [0.5, 0.6) is 0 Å². The molecule has 0 aromatic carbocycles. The van der Waals surface area contributed by atoms with Crippen molar-refractivity contribution >= 4 is 11.3 Å². The Morgan fingerprint density at radius 2 is 2.00 bits per heavy atom. The molecule has 0 fully saturated rings. The molecule has 1 aromatic rings. The minimum absolute atomic E-state index is 0.446. The Kier molecular flexibility index (Phi) is 3.02. The van der Waals surface area contributed by atoms with E-state index in [9.17, 15) is 0 Å². The molecule has 0 radical (unpaired) electrons. The molecule has 0 spiro atoms. The van der Waals surface area contributed by atoms with Crippen molar-refractivity contribution in [1.29, 1.82) is 5.41 Å². The van der Waals surface area contributed by atoms with Crippen LogP contribution in [-0.2, 0) is 0 Å². The first-order chi connectivity index (χ1) is 6.52. The van der Waals surface area contributed by atoms with Crippen LogP contribution in [0.1, 0.15) is 25.1 Å². The SMILES string of the molecule is CC(=N)/C(=C(/C)N)c1ccc(C)cn1. The van der Waals surface area contributed by atoms with Gasteiger partial charge in [-0.1, -0.05) is 6.07 Å². The number of nitrogens with one attached hydrogen (secondary N) is 1. The first-order valence-corrected chi connectivity index (χ1v) is 4.47. The van der Waals surface area contributed by atoms with Gasteiger partial charge in [-0.3, -0.25) is 4.98 Å². The number of rotatable bonds is 2. The third-order valence-electron chi connectivity index (χ3n) is 1.94. The normalized spacial score (nSPS) is 12.2. The van der Waals surface area contributed by atoms with Crippen molar-refractivity contribution in [1.82, 2.24) is 4.98 Å². The van der Waals surface area contributed by atoms with Crippen LogP contribution in [0.25, 0.3) is 5.57 Å². The number of hydrogen-bond donors (Lipinski definition) is 2. The monoisotopic (exact) mass is 189 g/mol. The van der Waals surface area contributed by atoms with E-state index in [1.165, 1.54) is 0 Å². The molecule has 0 amide bonds. The number of nitrogens with two attached hydrogens (primary N) is 1. The van der Waals surface area contributed by atoms with Crippen molar-refractivity contribution < 1.29 is 0 Å². The first kappa shape index (κ1) is 10.4. The zero-order chi connectivity index (χ0) is 10.7. The fourth-order valence-electron chi connectivity index (χ4n) is 1.31. The summed E-state index contributed by atoms with van der Waals surface area (Å²) in [4.78, 5) is 4.24. The fourth-order valence-corrected chi connectivity index (χ4v) is 1.31. The van der Waals surface area contributed by atoms with Crippen LogP contribution in [-0.4, -0.2) is 10.7 Å². The zero-order valence-electron chi connectivity index (χ0n) is 8.76. The molecule has 0 bridgehead atoms. The second-order valence-corrected chi connectivity index (χ2v) is 3.40. The molecule has 14 heavy (non-hydrogen) atoms. The lowest BCUT2D eigenvalue weighted by Crippen LogP contribution is -2.06. The highest BCUT2D eigenvalue weighted by atomic mass is 14.7. The lowest BCUT2D eigenvalue weighted by atomic mass is 10.1. The van der Waals surface area contributed by atoms with E-state index in [0.29, 0.717) is 11.4 Å². The van der Waals surface area contributed by atoms with Crippen LogP contribution in [0, 0.1) is 12.3 Å². The summed E-state index contributed by atoms with van der Waals surface area (Å²) in [6.07, 6.45) is 1.78. The topological polar surface area (TPSA) is 62.8 Å². The Morgan fingerprint density at radius 3 is 2.36 bits per heavy atom. The van der Waals surface area contributed by atoms with Crippen LogP contribution in [0.4, 0.5) is 0 Å². The van der Waals surface area contributed by atoms with Gasteiger partial charge in [0.2, 0.25) is 0 Å². The molecule has 3 heteroatoms. The highest BCUT2D eigenvalue weighted by molar-refractivity contribution is 6.21. The van der Waals surface area contributed by atoms with Crippen LogP contribution >= 0.6 is 0 Å². The summed E-state index contributed by atoms with van der Waals surface area (Å²) in [5, 5.41) is 7.60. The number of hydrogen-bond acceptors (Lipinski definition) is 3. The number of aromatic nitrogens is 1. The van der Waals surface area contributed by atoms with Crippen molar-refractivity contribution in [3.8, 4) is 0 Å². The molecule has 0 unspecified atom stereocenters. The zero-order valence-corrected chi connectivity index (χ0v) is 8.76. The molecule has 74 valence electrons. The Labute approximate surface area is 84.2 Å². The van der Waals surface area contributed by atoms with E-state index in [0.717, 1.165) is 16.8 Å². The van der Waals surface area contributed by atoms with Gasteiger partial charge in [0.05, 0.1) is 5.69 Å². The molecular formula is C11H15N3. The minimum atomic E-state index is 0.446. The van der Waals surface area contributed by atoms with E-state index in [4.69, 9.17) is 11.1 Å². The molecule has 0 aliphatic rings. The van der Waals surface area contributed by atoms with Gasteiger partial charge in [-0.25, -0.2) is 0 Å². The quantitative estimate of drug-likeness (QED) is 0.700. The van der Waals surface area contributed by atoms with Crippen LogP contribution < -0.4 is 5.73 Å². The molecule has 0 atom stereocenters. The molecule has 3 nitrogen and oxygen atoms in total. The first-order valence-electron chi connectivity index (χ1n) is 4.47. The number of aryl methyl sites for hydroxylation is 1. The molecule has 0 aliphatic heterocycles. The van der Waals surface area contributed by atoms with Crippen molar-refractivity contribution in [2.24, 2.45) is 5.73 Å². The van der Waals surface area contributed by atoms with Gasteiger partial charge in [0.15, 0.2) is 0 Å². The van der Waals surface area contributed by atoms with Crippen LogP contribution in [0.2, 0.25) is 0 Å². The summed E-state index contributed by atoms with van der Waals surface area (Å²) in [7, 11) is 0. The van der Waals surface area contributed by atoms with E-state index >= 15 is 0 Å². The van der Waals surface area contributed by atoms with Gasteiger partial charge in [0, 0.05) is 23.2 Å². The van der Waals surface area contributed by atoms with E-state index < -0.39 is 0 Å². The van der Waals surface area contributed by atoms with Gasteiger partial charge < -0.3 is 11.1 Å². The summed E-state index contributed by atoms with van der Waals surface area (Å²) >= 11 is 0. The molecule has 3 N–H and O–H groups in total. The van der Waals surface area contributed by atoms with Crippen molar-refractivity contribution in [2.75, 3.05) is 0 Å². The molecule has 0 aliphatic carbocycles. The summed E-state index contributed by atoms with van der Waals surface area (Å²) in [6, 6.07) is 3.85. The second-order valence-electron chi connectivity index (χ2n) is 3.40. The van der Waals surface area contributed by atoms with Gasteiger partial charge in [0.1, 0.15) is 0 Å². The molecule has 0 saturated heterocycles. The van der Waals surface area contributed by atoms with E-state index in [1.807, 2.05) is 19.1 Å². The minimum Gasteiger partial charge on any atom is -0.402 e. The Balaban J connectivity index is 3.21. The predicted molar refractivity (Wildman–Crippen MR) is 59.2 cm³/mol. The second kappa shape index (κ2) is 4.05. The lowest BCUT2D eigenvalue weighted by Gasteiger charge is -2.07. The predicted octanol–water partition coefficient (Wildman–Crippen LogP) is 2.12. The third-order valence-corrected chi connectivity index (χ3v) is 1.94. The molecule has 1 heterocycles. The van der Waals surface area contributed by atoms with Gasteiger partial charge in [-0.05, 0) is 32.4 Å². The summed E-state index contributed by atoms with van der Waals surface area (Å²) in [5.41, 5.74) is 9.38. The number of allylic oxidation sites excluding steroid dienone is 2. The van der Waals surface area contributed by atoms with Gasteiger partial charge in [-0.2, -0.15) is 0 Å². The average molecular weight is 189 g/mol. The van der Waals surface area contributed by atoms with E-state index in [2.05, 4.69) is 4.98 Å². The third kappa shape index (κ3) is 2.19. The molecule has 1 aromatic heterocycles. The van der Waals surface area contributed by atoms with Gasteiger partial charge >= 0.3 is 0 Å². The maximum absolute atomic E-state index is 7.60. The summed E-state index contributed by atoms with van der Waals surface area (Å²) < 4.78 is 0. The van der Waals surface area contributed by atoms with Crippen LogP contribution in [0.3, 0.4) is 0 Å². The van der Waals surface area contributed by atoms with E-state index in [1.54, 1.807) is 20.0 Å². The number of pyridine rings is 1. The largest absolute Gasteiger partial charge is 0.402 e. The van der Waals surface area contributed by atoms with Gasteiger partial charge in [-0.15, -0.1) is 0 Å². The average Bonchev–Trinajstić information content (AvgIpc) is 2.07. The Morgan fingerprint density at radius 1 is 1.36 bits per heavy atom. The molecule has 0 saturated carbocycles. The molecule has 1 rings (SSSR count). The molecular weight excluding hydrogens is 174 g/mol. The fraction of sp³-hybridized carbons (Fsp3) is 0.273. The smallest absolute Gasteiger partial charge is 0.0737 e. The summed E-state index contributed by atoms with van der Waals surface area (Å²) in [5.74, 6) is 0. The van der Waals surface area contributed by atoms with Crippen molar-refractivity contribution in [2.45, 2.75) is 20.8 Å². The maximum atomic E-state index is 7.60. The Bertz CT molecular complexity index is 370. The highest BCUT2D eigenvalue weighted by Crippen LogP contribution is 2.15. The maximum Gasteiger partial charge on any atom is 0.0737 e. The summed E-state index contributed by atoms with van der Waals surface area (Å²) in [6.45, 7) is 5.48. The van der Waals surface area contributed by atoms with Gasteiger partial charge in [0.25, 0.3) is 0 Å². The number of nitrogens with zero attached hydrogens (tertiary/aromatic N) is 1. The lowest BCUT2D eigenvalue weighted by molar-refractivity contribution is 1.21. The Hall–Kier alpha value is -1.64. The van der Waals surface area contributed by atoms with E-state index in [-0.39, 0.29) is 0 Å². The standard InChI is InChI=1S/C11H15N3/c1-7-4-5-10(14-6-7)11(8(2)12)9(3)13/h4-6,12H,13H2,1-3H3/b11-9+,12-8?. The highest BCUT2D eigenvalue weighted by Gasteiger charge is 2.07.